The number of aliphatic hydroxyl groups excluding tert-OH is 1. The Morgan fingerprint density at radius 3 is 2.31 bits per heavy atom. The fourth-order valence-electron chi connectivity index (χ4n) is 11.8. The van der Waals surface area contributed by atoms with Gasteiger partial charge in [-0.2, -0.15) is 0 Å². The van der Waals surface area contributed by atoms with Crippen LogP contribution in [0.4, 0.5) is 0 Å². The molecule has 0 radical (unpaired) electrons. The van der Waals surface area contributed by atoms with Crippen molar-refractivity contribution >= 4 is 5.97 Å². The van der Waals surface area contributed by atoms with Gasteiger partial charge < -0.3 is 24.8 Å². The molecule has 5 fully saturated rings. The van der Waals surface area contributed by atoms with Crippen molar-refractivity contribution in [3.05, 3.63) is 11.6 Å². The zero-order chi connectivity index (χ0) is 28.6. The minimum absolute atomic E-state index is 0.0532. The molecule has 5 aliphatic carbocycles. The number of hydrogen-bond acceptors (Lipinski definition) is 5. The quantitative estimate of drug-likeness (QED) is 0.353. The van der Waals surface area contributed by atoms with Gasteiger partial charge in [0.05, 0.1) is 29.8 Å². The maximum Gasteiger partial charge on any atom is 0.310 e. The lowest BCUT2D eigenvalue weighted by molar-refractivity contribution is -0.368. The minimum Gasteiger partial charge on any atom is -0.481 e. The summed E-state index contributed by atoms with van der Waals surface area (Å²) in [6, 6.07) is 0. The number of aliphatic carboxylic acids is 1. The molecule has 12 atom stereocenters. The van der Waals surface area contributed by atoms with Gasteiger partial charge in [-0.1, -0.05) is 46.3 Å². The molecule has 39 heavy (non-hydrogen) atoms. The molecular formula is C33H52O6. The molecule has 0 unspecified atom stereocenters. The Morgan fingerprint density at radius 1 is 0.949 bits per heavy atom. The van der Waals surface area contributed by atoms with E-state index in [1.165, 1.54) is 5.57 Å². The van der Waals surface area contributed by atoms with E-state index in [0.717, 1.165) is 32.1 Å². The lowest BCUT2D eigenvalue weighted by Crippen LogP contribution is -2.71. The van der Waals surface area contributed by atoms with Crippen molar-refractivity contribution < 1.29 is 29.6 Å². The van der Waals surface area contributed by atoms with Crippen LogP contribution < -0.4 is 0 Å². The lowest BCUT2D eigenvalue weighted by Gasteiger charge is -2.73. The van der Waals surface area contributed by atoms with E-state index in [4.69, 9.17) is 9.47 Å². The number of ether oxygens (including phenoxy) is 2. The fraction of sp³-hybridized carbons (Fsp3) is 0.909. The molecule has 0 aromatic heterocycles. The molecule has 0 aromatic carbocycles. The Kier molecular flexibility index (Phi) is 5.86. The smallest absolute Gasteiger partial charge is 0.310 e. The SMILES string of the molecule is C[C@@H]1CC[C@]2(C(=O)O)CC[C@]3(C)C(=CC[C@@H]4[C@@]5(C)C[C@@H](O)[C@@H]6OC(C)(C)OC[C@]6(C)[C@@H]5CC[C@]43C)[C@@H]2[C@]1(C)O. The number of carboxylic acid groups (broad SMARTS) is 1. The van der Waals surface area contributed by atoms with Crippen LogP contribution in [0.5, 0.6) is 0 Å². The first-order chi connectivity index (χ1) is 17.9. The highest BCUT2D eigenvalue weighted by Gasteiger charge is 2.73. The van der Waals surface area contributed by atoms with Crippen LogP contribution in [0, 0.1) is 50.7 Å². The summed E-state index contributed by atoms with van der Waals surface area (Å²) in [7, 11) is 0. The average molecular weight is 545 g/mol. The summed E-state index contributed by atoms with van der Waals surface area (Å²) in [5.74, 6) is -1.02. The summed E-state index contributed by atoms with van der Waals surface area (Å²) in [5.41, 5.74) is -1.35. The molecule has 1 saturated heterocycles. The van der Waals surface area contributed by atoms with Crippen LogP contribution in [0.25, 0.3) is 0 Å². The second-order valence-electron chi connectivity index (χ2n) is 16.4. The van der Waals surface area contributed by atoms with Gasteiger partial charge in [-0.15, -0.1) is 0 Å². The summed E-state index contributed by atoms with van der Waals surface area (Å²) in [4.78, 5) is 12.9. The Labute approximate surface area is 234 Å². The van der Waals surface area contributed by atoms with Gasteiger partial charge >= 0.3 is 5.97 Å². The Hall–Kier alpha value is -0.950. The summed E-state index contributed by atoms with van der Waals surface area (Å²) in [6.07, 6.45) is 8.09. The number of carbonyl (C=O) groups is 1. The van der Waals surface area contributed by atoms with Gasteiger partial charge in [-0.05, 0) is 106 Å². The monoisotopic (exact) mass is 544 g/mol. The van der Waals surface area contributed by atoms with Crippen molar-refractivity contribution in [2.24, 2.45) is 50.7 Å². The summed E-state index contributed by atoms with van der Waals surface area (Å²) >= 11 is 0. The van der Waals surface area contributed by atoms with Crippen molar-refractivity contribution in [2.75, 3.05) is 6.61 Å². The van der Waals surface area contributed by atoms with Gasteiger partial charge in [-0.3, -0.25) is 4.79 Å². The topological polar surface area (TPSA) is 96.2 Å². The molecule has 6 aliphatic rings. The van der Waals surface area contributed by atoms with Gasteiger partial charge in [0.25, 0.3) is 0 Å². The molecule has 220 valence electrons. The normalized spacial score (nSPS) is 58.1. The van der Waals surface area contributed by atoms with E-state index in [-0.39, 0.29) is 39.6 Å². The third-order valence-electron chi connectivity index (χ3n) is 14.3. The summed E-state index contributed by atoms with van der Waals surface area (Å²) in [6.45, 7) is 18.0. The molecule has 4 saturated carbocycles. The second kappa shape index (κ2) is 8.11. The van der Waals surface area contributed by atoms with Crippen LogP contribution in [0.2, 0.25) is 0 Å². The highest BCUT2D eigenvalue weighted by Crippen LogP contribution is 2.76. The minimum atomic E-state index is -1.06. The van der Waals surface area contributed by atoms with Crippen LogP contribution in [0.3, 0.4) is 0 Å². The number of allylic oxidation sites excluding steroid dienone is 1. The van der Waals surface area contributed by atoms with Crippen molar-refractivity contribution in [2.45, 2.75) is 130 Å². The standard InChI is InChI=1S/C33H52O6/c1-19-11-14-33(26(35)36)16-15-30(6)20(24(33)32(19,8)37)9-10-23-28(4)17-21(34)25-29(5,18-38-27(2,3)39-25)22(28)12-13-31(23,30)7/h9,19,21-25,34,37H,10-18H2,1-8H3,(H,35,36)/t19-,21-,22-,23-,24-,25+,28+,29-,30-,31-,32-,33+/m1/s1. The molecule has 6 rings (SSSR count). The van der Waals surface area contributed by atoms with E-state index in [1.54, 1.807) is 0 Å². The molecule has 0 amide bonds. The first-order valence-corrected chi connectivity index (χ1v) is 15.6. The van der Waals surface area contributed by atoms with Gasteiger partial charge in [0.15, 0.2) is 5.79 Å². The van der Waals surface area contributed by atoms with Crippen LogP contribution in [-0.4, -0.2) is 51.5 Å². The zero-order valence-electron chi connectivity index (χ0n) is 25.5. The highest BCUT2D eigenvalue weighted by atomic mass is 16.7. The number of rotatable bonds is 1. The Balaban J connectivity index is 1.44. The van der Waals surface area contributed by atoms with E-state index in [2.05, 4.69) is 40.7 Å². The lowest BCUT2D eigenvalue weighted by atomic mass is 9.33. The van der Waals surface area contributed by atoms with Gasteiger partial charge in [-0.25, -0.2) is 0 Å². The van der Waals surface area contributed by atoms with Crippen molar-refractivity contribution in [1.82, 2.24) is 0 Å². The molecule has 0 aromatic rings. The van der Waals surface area contributed by atoms with Crippen molar-refractivity contribution in [3.8, 4) is 0 Å². The first kappa shape index (κ1) is 28.2. The molecular weight excluding hydrogens is 492 g/mol. The van der Waals surface area contributed by atoms with E-state index >= 15 is 0 Å². The first-order valence-electron chi connectivity index (χ1n) is 15.6. The van der Waals surface area contributed by atoms with E-state index in [0.29, 0.717) is 37.7 Å². The Bertz CT molecular complexity index is 1100. The number of aliphatic hydroxyl groups is 2. The fourth-order valence-corrected chi connectivity index (χ4v) is 11.8. The molecule has 6 nitrogen and oxygen atoms in total. The Morgan fingerprint density at radius 2 is 1.64 bits per heavy atom. The molecule has 6 heteroatoms. The van der Waals surface area contributed by atoms with E-state index in [1.807, 2.05) is 20.8 Å². The highest BCUT2D eigenvalue weighted by molar-refractivity contribution is 5.77. The maximum atomic E-state index is 12.9. The van der Waals surface area contributed by atoms with Crippen LogP contribution in [-0.2, 0) is 14.3 Å². The predicted molar refractivity (Wildman–Crippen MR) is 149 cm³/mol. The maximum absolute atomic E-state index is 12.9. The van der Waals surface area contributed by atoms with Crippen molar-refractivity contribution in [3.63, 3.8) is 0 Å². The summed E-state index contributed by atoms with van der Waals surface area (Å²) in [5, 5.41) is 34.3. The predicted octanol–water partition coefficient (Wildman–Crippen LogP) is 5.95. The van der Waals surface area contributed by atoms with Crippen LogP contribution >= 0.6 is 0 Å². The van der Waals surface area contributed by atoms with Gasteiger partial charge in [0.1, 0.15) is 0 Å². The number of fused-ring (bicyclic) bond motifs is 9. The van der Waals surface area contributed by atoms with Crippen molar-refractivity contribution in [1.29, 1.82) is 0 Å². The molecule has 0 bridgehead atoms. The number of carboxylic acids is 1. The summed E-state index contributed by atoms with van der Waals surface area (Å²) < 4.78 is 12.7. The third kappa shape index (κ3) is 3.32. The molecule has 3 N–H and O–H groups in total. The van der Waals surface area contributed by atoms with Gasteiger partial charge in [0.2, 0.25) is 0 Å². The molecule has 1 heterocycles. The largest absolute Gasteiger partial charge is 0.481 e. The van der Waals surface area contributed by atoms with Crippen LogP contribution in [0.15, 0.2) is 11.6 Å². The van der Waals surface area contributed by atoms with Crippen LogP contribution in [0.1, 0.15) is 107 Å². The van der Waals surface area contributed by atoms with Gasteiger partial charge in [0, 0.05) is 11.3 Å². The van der Waals surface area contributed by atoms with E-state index < -0.39 is 28.9 Å². The molecule has 1 aliphatic heterocycles. The zero-order valence-corrected chi connectivity index (χ0v) is 25.5. The third-order valence-corrected chi connectivity index (χ3v) is 14.3. The number of hydrogen-bond donors (Lipinski definition) is 3. The average Bonchev–Trinajstić information content (AvgIpc) is 2.83. The van der Waals surface area contributed by atoms with E-state index in [9.17, 15) is 20.1 Å². The molecule has 0 spiro atoms. The second-order valence-corrected chi connectivity index (χ2v) is 16.4.